The SMILES string of the molecule is O=C(CSc1cc(Cl)ccc1Cl)NCc1cccc(Cl)c1. The van der Waals surface area contributed by atoms with Gasteiger partial charge < -0.3 is 5.32 Å². The van der Waals surface area contributed by atoms with E-state index in [0.29, 0.717) is 21.6 Å². The van der Waals surface area contributed by atoms with Crippen molar-refractivity contribution in [1.82, 2.24) is 5.32 Å². The third-order valence-electron chi connectivity index (χ3n) is 2.63. The second-order valence-electron chi connectivity index (χ2n) is 4.27. The van der Waals surface area contributed by atoms with Gasteiger partial charge in [-0.25, -0.2) is 0 Å². The Morgan fingerprint density at radius 1 is 1.05 bits per heavy atom. The molecule has 0 spiro atoms. The first-order chi connectivity index (χ1) is 10.0. The number of hydrogen-bond acceptors (Lipinski definition) is 2. The summed E-state index contributed by atoms with van der Waals surface area (Å²) in [6.07, 6.45) is 0. The van der Waals surface area contributed by atoms with E-state index in [-0.39, 0.29) is 11.7 Å². The molecule has 21 heavy (non-hydrogen) atoms. The highest BCUT2D eigenvalue weighted by atomic mass is 35.5. The Balaban J connectivity index is 1.83. The van der Waals surface area contributed by atoms with E-state index in [4.69, 9.17) is 34.8 Å². The number of carbonyl (C=O) groups is 1. The van der Waals surface area contributed by atoms with Crippen LogP contribution in [-0.4, -0.2) is 11.7 Å². The van der Waals surface area contributed by atoms with E-state index < -0.39 is 0 Å². The molecule has 2 rings (SSSR count). The van der Waals surface area contributed by atoms with E-state index in [0.717, 1.165) is 10.5 Å². The molecule has 0 radical (unpaired) electrons. The monoisotopic (exact) mass is 359 g/mol. The Morgan fingerprint density at radius 3 is 2.57 bits per heavy atom. The summed E-state index contributed by atoms with van der Waals surface area (Å²) >= 11 is 19.2. The summed E-state index contributed by atoms with van der Waals surface area (Å²) in [6.45, 7) is 0.448. The predicted octanol–water partition coefficient (Wildman–Crippen LogP) is 5.06. The summed E-state index contributed by atoms with van der Waals surface area (Å²) in [7, 11) is 0. The van der Waals surface area contributed by atoms with Crippen LogP contribution >= 0.6 is 46.6 Å². The normalized spacial score (nSPS) is 10.4. The van der Waals surface area contributed by atoms with Gasteiger partial charge in [0.05, 0.1) is 10.8 Å². The van der Waals surface area contributed by atoms with E-state index in [2.05, 4.69) is 5.32 Å². The lowest BCUT2D eigenvalue weighted by atomic mass is 10.2. The largest absolute Gasteiger partial charge is 0.351 e. The van der Waals surface area contributed by atoms with Gasteiger partial charge in [0, 0.05) is 21.5 Å². The molecule has 0 saturated heterocycles. The number of carbonyl (C=O) groups excluding carboxylic acids is 1. The fraction of sp³-hybridized carbons (Fsp3) is 0.133. The Bertz CT molecular complexity index is 649. The number of nitrogens with one attached hydrogen (secondary N) is 1. The summed E-state index contributed by atoms with van der Waals surface area (Å²) in [5.74, 6) is 0.205. The van der Waals surface area contributed by atoms with Gasteiger partial charge in [0.1, 0.15) is 0 Å². The topological polar surface area (TPSA) is 29.1 Å². The molecule has 0 heterocycles. The second-order valence-corrected chi connectivity index (χ2v) is 6.57. The number of thioether (sulfide) groups is 1. The summed E-state index contributed by atoms with van der Waals surface area (Å²) < 4.78 is 0. The smallest absolute Gasteiger partial charge is 0.230 e. The van der Waals surface area contributed by atoms with Gasteiger partial charge in [0.2, 0.25) is 5.91 Å². The number of amides is 1. The van der Waals surface area contributed by atoms with Crippen LogP contribution in [0.3, 0.4) is 0 Å². The molecule has 110 valence electrons. The lowest BCUT2D eigenvalue weighted by Crippen LogP contribution is -2.24. The van der Waals surface area contributed by atoms with Crippen LogP contribution in [0, 0.1) is 0 Å². The predicted molar refractivity (Wildman–Crippen MR) is 90.5 cm³/mol. The van der Waals surface area contributed by atoms with Crippen molar-refractivity contribution in [3.8, 4) is 0 Å². The summed E-state index contributed by atoms with van der Waals surface area (Å²) in [6, 6.07) is 12.6. The van der Waals surface area contributed by atoms with Crippen LogP contribution in [-0.2, 0) is 11.3 Å². The van der Waals surface area contributed by atoms with Gasteiger partial charge in [-0.2, -0.15) is 0 Å². The van der Waals surface area contributed by atoms with Crippen molar-refractivity contribution in [2.45, 2.75) is 11.4 Å². The summed E-state index contributed by atoms with van der Waals surface area (Å²) in [5, 5.41) is 4.68. The molecular formula is C15H12Cl3NOS. The van der Waals surface area contributed by atoms with Gasteiger partial charge in [-0.15, -0.1) is 11.8 Å². The van der Waals surface area contributed by atoms with Crippen molar-refractivity contribution in [3.05, 3.63) is 63.1 Å². The van der Waals surface area contributed by atoms with Gasteiger partial charge in [0.25, 0.3) is 0 Å². The average Bonchev–Trinajstić information content (AvgIpc) is 2.46. The van der Waals surface area contributed by atoms with Crippen LogP contribution in [0.1, 0.15) is 5.56 Å². The third kappa shape index (κ3) is 5.44. The number of rotatable bonds is 5. The lowest BCUT2D eigenvalue weighted by molar-refractivity contribution is -0.118. The van der Waals surface area contributed by atoms with E-state index >= 15 is 0 Å². The molecule has 6 heteroatoms. The van der Waals surface area contributed by atoms with E-state index in [9.17, 15) is 4.79 Å². The molecular weight excluding hydrogens is 349 g/mol. The maximum absolute atomic E-state index is 11.8. The van der Waals surface area contributed by atoms with Crippen molar-refractivity contribution in [3.63, 3.8) is 0 Å². The van der Waals surface area contributed by atoms with Crippen molar-refractivity contribution >= 4 is 52.5 Å². The van der Waals surface area contributed by atoms with Gasteiger partial charge in [-0.05, 0) is 35.9 Å². The molecule has 0 bridgehead atoms. The molecule has 0 aliphatic carbocycles. The highest BCUT2D eigenvalue weighted by molar-refractivity contribution is 8.00. The number of benzene rings is 2. The quantitative estimate of drug-likeness (QED) is 0.755. The van der Waals surface area contributed by atoms with Gasteiger partial charge in [0.15, 0.2) is 0 Å². The zero-order valence-corrected chi connectivity index (χ0v) is 14.0. The highest BCUT2D eigenvalue weighted by Crippen LogP contribution is 2.29. The van der Waals surface area contributed by atoms with Gasteiger partial charge in [-0.3, -0.25) is 4.79 Å². The minimum Gasteiger partial charge on any atom is -0.351 e. The molecule has 2 aromatic rings. The third-order valence-corrected chi connectivity index (χ3v) is 4.60. The van der Waals surface area contributed by atoms with E-state index in [1.54, 1.807) is 24.3 Å². The molecule has 1 N–H and O–H groups in total. The minimum absolute atomic E-state index is 0.0731. The first-order valence-corrected chi connectivity index (χ1v) is 8.25. The van der Waals surface area contributed by atoms with Crippen LogP contribution in [0.2, 0.25) is 15.1 Å². The lowest BCUT2D eigenvalue weighted by Gasteiger charge is -2.07. The molecule has 0 aromatic heterocycles. The van der Waals surface area contributed by atoms with Gasteiger partial charge >= 0.3 is 0 Å². The van der Waals surface area contributed by atoms with Gasteiger partial charge in [-0.1, -0.05) is 46.9 Å². The molecule has 0 unspecified atom stereocenters. The fourth-order valence-corrected chi connectivity index (χ4v) is 3.17. The van der Waals surface area contributed by atoms with Crippen LogP contribution in [0.4, 0.5) is 0 Å². The Morgan fingerprint density at radius 2 is 1.81 bits per heavy atom. The molecule has 0 atom stereocenters. The Hall–Kier alpha value is -0.870. The number of hydrogen-bond donors (Lipinski definition) is 1. The van der Waals surface area contributed by atoms with Crippen LogP contribution in [0.25, 0.3) is 0 Å². The second kappa shape index (κ2) is 7.95. The fourth-order valence-electron chi connectivity index (χ4n) is 1.63. The van der Waals surface area contributed by atoms with Crippen LogP contribution < -0.4 is 5.32 Å². The maximum Gasteiger partial charge on any atom is 0.230 e. The molecule has 0 aliphatic rings. The Kier molecular flexibility index (Phi) is 6.24. The van der Waals surface area contributed by atoms with Crippen molar-refractivity contribution in [2.75, 3.05) is 5.75 Å². The molecule has 0 fully saturated rings. The van der Waals surface area contributed by atoms with Crippen molar-refractivity contribution < 1.29 is 4.79 Å². The molecule has 0 saturated carbocycles. The Labute approximate surface area is 142 Å². The zero-order chi connectivity index (χ0) is 15.2. The summed E-state index contributed by atoms with van der Waals surface area (Å²) in [5.41, 5.74) is 0.960. The van der Waals surface area contributed by atoms with E-state index in [1.807, 2.05) is 18.2 Å². The van der Waals surface area contributed by atoms with Crippen LogP contribution in [0.5, 0.6) is 0 Å². The summed E-state index contributed by atoms with van der Waals surface area (Å²) in [4.78, 5) is 12.6. The van der Waals surface area contributed by atoms with Crippen molar-refractivity contribution in [1.29, 1.82) is 0 Å². The molecule has 2 nitrogen and oxygen atoms in total. The highest BCUT2D eigenvalue weighted by Gasteiger charge is 2.06. The molecule has 1 amide bonds. The standard InChI is InChI=1S/C15H12Cl3NOS/c16-11-3-1-2-10(6-11)8-19-15(20)9-21-14-7-12(17)4-5-13(14)18/h1-7H,8-9H2,(H,19,20). The average molecular weight is 361 g/mol. The van der Waals surface area contributed by atoms with Crippen LogP contribution in [0.15, 0.2) is 47.4 Å². The zero-order valence-electron chi connectivity index (χ0n) is 10.9. The molecule has 0 aliphatic heterocycles. The first-order valence-electron chi connectivity index (χ1n) is 6.13. The first kappa shape index (κ1) is 16.5. The minimum atomic E-state index is -0.0731. The molecule has 2 aromatic carbocycles. The maximum atomic E-state index is 11.8. The van der Waals surface area contributed by atoms with E-state index in [1.165, 1.54) is 11.8 Å². The van der Waals surface area contributed by atoms with Crippen molar-refractivity contribution in [2.24, 2.45) is 0 Å². The number of halogens is 3.